The summed E-state index contributed by atoms with van der Waals surface area (Å²) >= 11 is 0. The molecule has 0 atom stereocenters. The van der Waals surface area contributed by atoms with Gasteiger partial charge in [0.05, 0.1) is 5.56 Å². The molecule has 1 aliphatic rings. The third-order valence-corrected chi connectivity index (χ3v) is 5.82. The highest BCUT2D eigenvalue weighted by Crippen LogP contribution is 2.34. The summed E-state index contributed by atoms with van der Waals surface area (Å²) in [6, 6.07) is 17.7. The summed E-state index contributed by atoms with van der Waals surface area (Å²) in [6.07, 6.45) is 3.57. The molecule has 2 aromatic carbocycles. The molecule has 1 fully saturated rings. The number of piperidine rings is 1. The number of nitrogens with one attached hydrogen (secondary N) is 2. The lowest BCUT2D eigenvalue weighted by atomic mass is 9.96. The van der Waals surface area contributed by atoms with Crippen LogP contribution in [0, 0.1) is 5.92 Å². The number of rotatable bonds is 7. The number of hydrogen-bond donors (Lipinski definition) is 2. The largest absolute Gasteiger partial charge is 0.457 e. The van der Waals surface area contributed by atoms with Crippen LogP contribution in [0.5, 0.6) is 11.5 Å². The topological polar surface area (TPSA) is 79.4 Å². The van der Waals surface area contributed by atoms with Gasteiger partial charge in [-0.3, -0.25) is 4.79 Å². The summed E-state index contributed by atoms with van der Waals surface area (Å²) in [7, 11) is 1.86. The average Bonchev–Trinajstić information content (AvgIpc) is 2.89. The highest BCUT2D eigenvalue weighted by molar-refractivity contribution is 5.84. The van der Waals surface area contributed by atoms with Crippen LogP contribution in [0.15, 0.2) is 60.9 Å². The number of amides is 1. The molecule has 1 amide bonds. The molecular weight excluding hydrogens is 426 g/mol. The first-order valence-electron chi connectivity index (χ1n) is 12.0. The SMILES string of the molecule is CC.CNc1ncnc(NCC2CCN(C(C)=O)CC2)c1-c1ccc(Oc2ccccc2)cc1. The van der Waals surface area contributed by atoms with E-state index in [0.29, 0.717) is 5.92 Å². The Morgan fingerprint density at radius 1 is 0.971 bits per heavy atom. The van der Waals surface area contributed by atoms with Crippen LogP contribution in [0.4, 0.5) is 11.6 Å². The van der Waals surface area contributed by atoms with Gasteiger partial charge in [-0.25, -0.2) is 9.97 Å². The predicted molar refractivity (Wildman–Crippen MR) is 138 cm³/mol. The fourth-order valence-electron chi connectivity index (χ4n) is 3.99. The number of carbonyl (C=O) groups is 1. The Labute approximate surface area is 202 Å². The molecule has 1 aromatic heterocycles. The van der Waals surface area contributed by atoms with E-state index < -0.39 is 0 Å². The van der Waals surface area contributed by atoms with E-state index in [9.17, 15) is 4.79 Å². The first kappa shape index (κ1) is 25.0. The first-order valence-corrected chi connectivity index (χ1v) is 12.0. The van der Waals surface area contributed by atoms with Crippen LogP contribution in [0.3, 0.4) is 0 Å². The van der Waals surface area contributed by atoms with Gasteiger partial charge >= 0.3 is 0 Å². The maximum atomic E-state index is 11.6. The molecule has 1 aliphatic heterocycles. The van der Waals surface area contributed by atoms with Crippen molar-refractivity contribution in [2.75, 3.05) is 37.3 Å². The van der Waals surface area contributed by atoms with Gasteiger partial charge in [0.1, 0.15) is 29.5 Å². The number of benzene rings is 2. The Morgan fingerprint density at radius 2 is 1.59 bits per heavy atom. The van der Waals surface area contributed by atoms with Crippen LogP contribution < -0.4 is 15.4 Å². The van der Waals surface area contributed by atoms with Crippen LogP contribution in [0.2, 0.25) is 0 Å². The number of anilines is 2. The highest BCUT2D eigenvalue weighted by atomic mass is 16.5. The molecule has 3 aromatic rings. The van der Waals surface area contributed by atoms with Crippen LogP contribution in [0.25, 0.3) is 11.1 Å². The van der Waals surface area contributed by atoms with Crippen molar-refractivity contribution in [2.24, 2.45) is 5.92 Å². The van der Waals surface area contributed by atoms with Crippen molar-refractivity contribution in [3.8, 4) is 22.6 Å². The van der Waals surface area contributed by atoms with Gasteiger partial charge in [-0.15, -0.1) is 0 Å². The van der Waals surface area contributed by atoms with Crippen molar-refractivity contribution in [3.05, 3.63) is 60.9 Å². The molecule has 7 nitrogen and oxygen atoms in total. The minimum absolute atomic E-state index is 0.160. The lowest BCUT2D eigenvalue weighted by Gasteiger charge is -2.31. The summed E-state index contributed by atoms with van der Waals surface area (Å²) in [5.74, 6) is 3.81. The minimum atomic E-state index is 0.160. The van der Waals surface area contributed by atoms with Gasteiger partial charge < -0.3 is 20.3 Å². The Bertz CT molecular complexity index is 1030. The van der Waals surface area contributed by atoms with E-state index >= 15 is 0 Å². The minimum Gasteiger partial charge on any atom is -0.457 e. The molecule has 0 unspecified atom stereocenters. The van der Waals surface area contributed by atoms with Crippen molar-refractivity contribution in [2.45, 2.75) is 33.6 Å². The molecule has 0 radical (unpaired) electrons. The number of carbonyl (C=O) groups excluding carboxylic acids is 1. The number of hydrogen-bond acceptors (Lipinski definition) is 6. The van der Waals surface area contributed by atoms with Crippen molar-refractivity contribution < 1.29 is 9.53 Å². The highest BCUT2D eigenvalue weighted by Gasteiger charge is 2.21. The second-order valence-electron chi connectivity index (χ2n) is 7.97. The number of ether oxygens (including phenoxy) is 1. The molecule has 1 saturated heterocycles. The summed E-state index contributed by atoms with van der Waals surface area (Å²) in [5, 5.41) is 6.71. The monoisotopic (exact) mass is 461 g/mol. The average molecular weight is 462 g/mol. The number of para-hydroxylation sites is 1. The van der Waals surface area contributed by atoms with E-state index in [4.69, 9.17) is 4.74 Å². The fraction of sp³-hybridized carbons (Fsp3) is 0.370. The van der Waals surface area contributed by atoms with Gasteiger partial charge in [-0.05, 0) is 48.6 Å². The van der Waals surface area contributed by atoms with E-state index in [-0.39, 0.29) is 5.91 Å². The van der Waals surface area contributed by atoms with Gasteiger partial charge in [-0.1, -0.05) is 44.2 Å². The molecule has 7 heteroatoms. The zero-order valence-electron chi connectivity index (χ0n) is 20.5. The lowest BCUT2D eigenvalue weighted by Crippen LogP contribution is -2.38. The molecule has 2 heterocycles. The number of likely N-dealkylation sites (tertiary alicyclic amines) is 1. The molecule has 0 saturated carbocycles. The molecule has 180 valence electrons. The summed E-state index contributed by atoms with van der Waals surface area (Å²) in [5.41, 5.74) is 1.94. The third-order valence-electron chi connectivity index (χ3n) is 5.82. The molecule has 0 spiro atoms. The lowest BCUT2D eigenvalue weighted by molar-refractivity contribution is -0.130. The standard InChI is InChI=1S/C25H29N5O2.C2H6/c1-18(31)30-14-12-19(13-15-30)16-27-25-23(24(26-2)28-17-29-25)20-8-10-22(11-9-20)32-21-6-4-3-5-7-21;1-2/h3-11,17,19H,12-16H2,1-2H3,(H2,26,27,28,29);1-2H3. The molecular formula is C27H35N5O2. The van der Waals surface area contributed by atoms with E-state index in [2.05, 4.69) is 20.6 Å². The quantitative estimate of drug-likeness (QED) is 0.472. The molecule has 0 bridgehead atoms. The van der Waals surface area contributed by atoms with Crippen molar-refractivity contribution in [1.29, 1.82) is 0 Å². The smallest absolute Gasteiger partial charge is 0.219 e. The Morgan fingerprint density at radius 3 is 2.21 bits per heavy atom. The molecule has 34 heavy (non-hydrogen) atoms. The summed E-state index contributed by atoms with van der Waals surface area (Å²) in [6.45, 7) is 8.10. The van der Waals surface area contributed by atoms with Crippen LogP contribution in [-0.2, 0) is 4.79 Å². The first-order chi connectivity index (χ1) is 16.6. The van der Waals surface area contributed by atoms with Gasteiger partial charge in [0.25, 0.3) is 0 Å². The Hall–Kier alpha value is -3.61. The van der Waals surface area contributed by atoms with Gasteiger partial charge in [-0.2, -0.15) is 0 Å². The molecule has 4 rings (SSSR count). The van der Waals surface area contributed by atoms with E-state index in [1.807, 2.05) is 80.4 Å². The second kappa shape index (κ2) is 12.6. The maximum absolute atomic E-state index is 11.6. The Balaban J connectivity index is 0.00000158. The maximum Gasteiger partial charge on any atom is 0.219 e. The second-order valence-corrected chi connectivity index (χ2v) is 7.97. The number of nitrogens with zero attached hydrogens (tertiary/aromatic N) is 3. The van der Waals surface area contributed by atoms with Crippen LogP contribution in [-0.4, -0.2) is 47.5 Å². The zero-order chi connectivity index (χ0) is 24.3. The van der Waals surface area contributed by atoms with Gasteiger partial charge in [0.2, 0.25) is 5.91 Å². The van der Waals surface area contributed by atoms with E-state index in [1.165, 1.54) is 0 Å². The normalized spacial score (nSPS) is 13.5. The van der Waals surface area contributed by atoms with E-state index in [0.717, 1.165) is 66.7 Å². The van der Waals surface area contributed by atoms with Crippen LogP contribution >= 0.6 is 0 Å². The van der Waals surface area contributed by atoms with Crippen molar-refractivity contribution in [3.63, 3.8) is 0 Å². The van der Waals surface area contributed by atoms with Crippen molar-refractivity contribution in [1.82, 2.24) is 14.9 Å². The van der Waals surface area contributed by atoms with Gasteiger partial charge in [0, 0.05) is 33.6 Å². The summed E-state index contributed by atoms with van der Waals surface area (Å²) in [4.78, 5) is 22.4. The summed E-state index contributed by atoms with van der Waals surface area (Å²) < 4.78 is 5.92. The number of aromatic nitrogens is 2. The fourth-order valence-corrected chi connectivity index (χ4v) is 3.99. The molecule has 0 aliphatic carbocycles. The van der Waals surface area contributed by atoms with Crippen LogP contribution in [0.1, 0.15) is 33.6 Å². The Kier molecular flexibility index (Phi) is 9.26. The zero-order valence-corrected chi connectivity index (χ0v) is 20.5. The molecule has 2 N–H and O–H groups in total. The van der Waals surface area contributed by atoms with Crippen molar-refractivity contribution >= 4 is 17.5 Å². The third kappa shape index (κ3) is 6.47. The van der Waals surface area contributed by atoms with E-state index in [1.54, 1.807) is 13.3 Å². The van der Waals surface area contributed by atoms with Gasteiger partial charge in [0.15, 0.2) is 0 Å². The predicted octanol–water partition coefficient (Wildman–Crippen LogP) is 5.67.